The molecule has 0 aliphatic heterocycles. The first-order chi connectivity index (χ1) is 9.13. The Kier molecular flexibility index (Phi) is 4.07. The van der Waals surface area contributed by atoms with Crippen LogP contribution in [0.1, 0.15) is 18.6 Å². The van der Waals surface area contributed by atoms with Crippen LogP contribution >= 0.6 is 0 Å². The molecule has 0 unspecified atom stereocenters. The van der Waals surface area contributed by atoms with Crippen LogP contribution < -0.4 is 9.64 Å². The second-order valence-corrected chi connectivity index (χ2v) is 4.50. The number of hydrogen-bond acceptors (Lipinski definition) is 3. The van der Waals surface area contributed by atoms with Crippen molar-refractivity contribution in [2.75, 3.05) is 19.1 Å². The van der Waals surface area contributed by atoms with Gasteiger partial charge in [-0.25, -0.2) is 0 Å². The summed E-state index contributed by atoms with van der Waals surface area (Å²) in [5.41, 5.74) is 2.97. The maximum atomic E-state index is 9.52. The summed E-state index contributed by atoms with van der Waals surface area (Å²) in [5, 5.41) is 9.52. The van der Waals surface area contributed by atoms with E-state index in [2.05, 4.69) is 4.90 Å². The van der Waals surface area contributed by atoms with Crippen LogP contribution in [0.25, 0.3) is 0 Å². The number of para-hydroxylation sites is 2. The first-order valence-electron chi connectivity index (χ1n) is 6.28. The van der Waals surface area contributed by atoms with E-state index in [9.17, 15) is 5.11 Å². The van der Waals surface area contributed by atoms with Gasteiger partial charge < -0.3 is 14.7 Å². The van der Waals surface area contributed by atoms with E-state index in [1.165, 1.54) is 0 Å². The second kappa shape index (κ2) is 5.76. The molecule has 2 aromatic rings. The fourth-order valence-electron chi connectivity index (χ4n) is 2.02. The van der Waals surface area contributed by atoms with Gasteiger partial charge in [0.25, 0.3) is 0 Å². The van der Waals surface area contributed by atoms with Crippen LogP contribution in [0.5, 0.6) is 5.75 Å². The molecule has 19 heavy (non-hydrogen) atoms. The summed E-state index contributed by atoms with van der Waals surface area (Å²) in [6.45, 7) is 1.76. The molecule has 0 aromatic heterocycles. The highest BCUT2D eigenvalue weighted by molar-refractivity contribution is 5.68. The van der Waals surface area contributed by atoms with Crippen molar-refractivity contribution in [3.8, 4) is 5.75 Å². The molecule has 0 radical (unpaired) electrons. The van der Waals surface area contributed by atoms with E-state index in [0.717, 1.165) is 22.7 Å². The van der Waals surface area contributed by atoms with Gasteiger partial charge >= 0.3 is 0 Å². The van der Waals surface area contributed by atoms with Gasteiger partial charge in [-0.15, -0.1) is 0 Å². The molecule has 2 aromatic carbocycles. The van der Waals surface area contributed by atoms with Crippen LogP contribution in [0.4, 0.5) is 11.4 Å². The van der Waals surface area contributed by atoms with E-state index in [4.69, 9.17) is 4.74 Å². The van der Waals surface area contributed by atoms with Crippen molar-refractivity contribution >= 4 is 11.4 Å². The zero-order valence-corrected chi connectivity index (χ0v) is 11.5. The van der Waals surface area contributed by atoms with Gasteiger partial charge in [-0.05, 0) is 36.8 Å². The summed E-state index contributed by atoms with van der Waals surface area (Å²) in [4.78, 5) is 2.06. The number of methoxy groups -OCH3 is 1. The number of rotatable bonds is 4. The van der Waals surface area contributed by atoms with Crippen LogP contribution in [-0.2, 0) is 0 Å². The summed E-state index contributed by atoms with van der Waals surface area (Å²) in [6.07, 6.45) is -0.439. The van der Waals surface area contributed by atoms with E-state index < -0.39 is 6.10 Å². The molecule has 0 heterocycles. The fraction of sp³-hybridized carbons (Fsp3) is 0.250. The summed E-state index contributed by atoms with van der Waals surface area (Å²) in [7, 11) is 3.67. The van der Waals surface area contributed by atoms with Crippen molar-refractivity contribution in [2.45, 2.75) is 13.0 Å². The fourth-order valence-corrected chi connectivity index (χ4v) is 2.02. The largest absolute Gasteiger partial charge is 0.495 e. The molecule has 1 N–H and O–H groups in total. The predicted octanol–water partition coefficient (Wildman–Crippen LogP) is 3.52. The van der Waals surface area contributed by atoms with Gasteiger partial charge in [0.05, 0.1) is 18.9 Å². The van der Waals surface area contributed by atoms with Crippen LogP contribution in [0, 0.1) is 0 Å². The molecule has 0 amide bonds. The Bertz CT molecular complexity index is 535. The number of hydrogen-bond donors (Lipinski definition) is 1. The molecule has 3 heteroatoms. The zero-order valence-electron chi connectivity index (χ0n) is 11.5. The number of benzene rings is 2. The Hall–Kier alpha value is -2.00. The molecule has 100 valence electrons. The normalized spacial score (nSPS) is 12.0. The van der Waals surface area contributed by atoms with Crippen molar-refractivity contribution in [3.05, 3.63) is 54.1 Å². The predicted molar refractivity (Wildman–Crippen MR) is 78.1 cm³/mol. The monoisotopic (exact) mass is 257 g/mol. The lowest BCUT2D eigenvalue weighted by molar-refractivity contribution is 0.199. The maximum absolute atomic E-state index is 9.52. The lowest BCUT2D eigenvalue weighted by Gasteiger charge is -2.22. The van der Waals surface area contributed by atoms with E-state index in [-0.39, 0.29) is 0 Å². The molecule has 0 spiro atoms. The molecule has 0 aliphatic carbocycles. The number of ether oxygens (including phenoxy) is 1. The van der Waals surface area contributed by atoms with Crippen molar-refractivity contribution < 1.29 is 9.84 Å². The number of aliphatic hydroxyl groups is 1. The van der Waals surface area contributed by atoms with Crippen molar-refractivity contribution in [2.24, 2.45) is 0 Å². The second-order valence-electron chi connectivity index (χ2n) is 4.50. The van der Waals surface area contributed by atoms with Gasteiger partial charge in [0.1, 0.15) is 5.75 Å². The summed E-state index contributed by atoms with van der Waals surface area (Å²) >= 11 is 0. The third kappa shape index (κ3) is 2.88. The first kappa shape index (κ1) is 13.4. The van der Waals surface area contributed by atoms with Gasteiger partial charge in [-0.3, -0.25) is 0 Å². The molecular weight excluding hydrogens is 238 g/mol. The topological polar surface area (TPSA) is 32.7 Å². The van der Waals surface area contributed by atoms with Crippen LogP contribution in [0.3, 0.4) is 0 Å². The third-order valence-electron chi connectivity index (χ3n) is 3.21. The Balaban J connectivity index is 2.30. The van der Waals surface area contributed by atoms with E-state index >= 15 is 0 Å². The molecule has 0 bridgehead atoms. The average molecular weight is 257 g/mol. The lowest BCUT2D eigenvalue weighted by atomic mass is 10.1. The van der Waals surface area contributed by atoms with Gasteiger partial charge in [0.2, 0.25) is 0 Å². The van der Waals surface area contributed by atoms with Gasteiger partial charge in [0.15, 0.2) is 0 Å². The minimum Gasteiger partial charge on any atom is -0.495 e. The minimum atomic E-state index is -0.439. The maximum Gasteiger partial charge on any atom is 0.142 e. The molecule has 1 atom stereocenters. The SMILES string of the molecule is COc1ccccc1N(C)c1ccc([C@@H](C)O)cc1. The van der Waals surface area contributed by atoms with Crippen LogP contribution in [0.2, 0.25) is 0 Å². The molecule has 0 saturated heterocycles. The van der Waals surface area contributed by atoms with Crippen LogP contribution in [-0.4, -0.2) is 19.3 Å². The Morgan fingerprint density at radius 2 is 1.68 bits per heavy atom. The molecule has 0 saturated carbocycles. The summed E-state index contributed by atoms with van der Waals surface area (Å²) < 4.78 is 5.37. The van der Waals surface area contributed by atoms with E-state index in [1.54, 1.807) is 14.0 Å². The van der Waals surface area contributed by atoms with Crippen molar-refractivity contribution in [3.63, 3.8) is 0 Å². The minimum absolute atomic E-state index is 0.439. The highest BCUT2D eigenvalue weighted by Crippen LogP contribution is 2.32. The average Bonchev–Trinajstić information content (AvgIpc) is 2.46. The molecule has 0 fully saturated rings. The quantitative estimate of drug-likeness (QED) is 0.909. The van der Waals surface area contributed by atoms with Crippen molar-refractivity contribution in [1.29, 1.82) is 0 Å². The zero-order chi connectivity index (χ0) is 13.8. The highest BCUT2D eigenvalue weighted by atomic mass is 16.5. The Labute approximate surface area is 114 Å². The molecular formula is C16H19NO2. The Morgan fingerprint density at radius 1 is 1.05 bits per heavy atom. The summed E-state index contributed by atoms with van der Waals surface area (Å²) in [5.74, 6) is 0.838. The molecule has 0 aliphatic rings. The van der Waals surface area contributed by atoms with Crippen LogP contribution in [0.15, 0.2) is 48.5 Å². The smallest absolute Gasteiger partial charge is 0.142 e. The molecule has 2 rings (SSSR count). The Morgan fingerprint density at radius 3 is 2.26 bits per heavy atom. The van der Waals surface area contributed by atoms with E-state index in [1.807, 2.05) is 55.6 Å². The standard InChI is InChI=1S/C16H19NO2/c1-12(18)13-8-10-14(11-9-13)17(2)15-6-4-5-7-16(15)19-3/h4-12,18H,1-3H3/t12-/m1/s1. The van der Waals surface area contributed by atoms with Gasteiger partial charge in [0, 0.05) is 12.7 Å². The molecule has 3 nitrogen and oxygen atoms in total. The third-order valence-corrected chi connectivity index (χ3v) is 3.21. The number of nitrogens with zero attached hydrogens (tertiary/aromatic N) is 1. The highest BCUT2D eigenvalue weighted by Gasteiger charge is 2.09. The van der Waals surface area contributed by atoms with Crippen molar-refractivity contribution in [1.82, 2.24) is 0 Å². The van der Waals surface area contributed by atoms with Gasteiger partial charge in [-0.2, -0.15) is 0 Å². The van der Waals surface area contributed by atoms with E-state index in [0.29, 0.717) is 0 Å². The first-order valence-corrected chi connectivity index (χ1v) is 6.28. The number of aliphatic hydroxyl groups excluding tert-OH is 1. The lowest BCUT2D eigenvalue weighted by Crippen LogP contribution is -2.10. The van der Waals surface area contributed by atoms with Gasteiger partial charge in [-0.1, -0.05) is 24.3 Å². The summed E-state index contributed by atoms with van der Waals surface area (Å²) in [6, 6.07) is 15.8. The number of anilines is 2.